The van der Waals surface area contributed by atoms with Gasteiger partial charge in [-0.15, -0.1) is 11.6 Å². The fourth-order valence-electron chi connectivity index (χ4n) is 2.45. The van der Waals surface area contributed by atoms with E-state index in [1.54, 1.807) is 0 Å². The van der Waals surface area contributed by atoms with Crippen LogP contribution in [0.4, 0.5) is 0 Å². The Hall–Kier alpha value is -0.780. The summed E-state index contributed by atoms with van der Waals surface area (Å²) in [5.41, 5.74) is 4.29. The van der Waals surface area contributed by atoms with Gasteiger partial charge in [0.1, 0.15) is 5.82 Å². The van der Waals surface area contributed by atoms with E-state index < -0.39 is 0 Å². The number of halogens is 3. The van der Waals surface area contributed by atoms with Crippen LogP contribution in [0.25, 0.3) is 16.7 Å². The summed E-state index contributed by atoms with van der Waals surface area (Å²) in [4.78, 5) is 4.74. The summed E-state index contributed by atoms with van der Waals surface area (Å²) >= 11 is 14.4. The molecule has 0 fully saturated rings. The van der Waals surface area contributed by atoms with Gasteiger partial charge in [0.05, 0.1) is 16.7 Å². The third kappa shape index (κ3) is 2.91. The number of aryl methyl sites for hydroxylation is 2. The third-order valence-corrected chi connectivity index (χ3v) is 4.51. The average Bonchev–Trinajstić information content (AvgIpc) is 2.79. The van der Waals surface area contributed by atoms with Crippen molar-refractivity contribution in [3.05, 3.63) is 56.4 Å². The molecule has 0 saturated carbocycles. The molecular weight excluding hydrogens is 418 g/mol. The van der Waals surface area contributed by atoms with Crippen molar-refractivity contribution in [3.8, 4) is 5.69 Å². The van der Waals surface area contributed by atoms with E-state index in [2.05, 4.69) is 52.3 Å². The van der Waals surface area contributed by atoms with Gasteiger partial charge in [0, 0.05) is 20.9 Å². The van der Waals surface area contributed by atoms with Gasteiger partial charge in [-0.3, -0.25) is 4.57 Å². The van der Waals surface area contributed by atoms with Gasteiger partial charge >= 0.3 is 0 Å². The summed E-state index contributed by atoms with van der Waals surface area (Å²) in [5, 5.41) is 0.722. The number of aromatic nitrogens is 2. The average molecular weight is 431 g/mol. The van der Waals surface area contributed by atoms with E-state index in [0.29, 0.717) is 5.88 Å². The number of rotatable bonds is 3. The lowest BCUT2D eigenvalue weighted by Gasteiger charge is -2.12. The van der Waals surface area contributed by atoms with E-state index in [9.17, 15) is 0 Å². The van der Waals surface area contributed by atoms with Gasteiger partial charge in [0.2, 0.25) is 0 Å². The molecule has 3 aromatic rings. The minimum atomic E-state index is 0.542. The number of nitrogens with zero attached hydrogens (tertiary/aromatic N) is 2. The van der Waals surface area contributed by atoms with Crippen molar-refractivity contribution in [3.63, 3.8) is 0 Å². The van der Waals surface area contributed by atoms with Crippen LogP contribution in [0.15, 0.2) is 36.4 Å². The molecule has 21 heavy (non-hydrogen) atoms. The minimum absolute atomic E-state index is 0.542. The molecule has 1 aromatic heterocycles. The summed E-state index contributed by atoms with van der Waals surface area (Å²) in [5.74, 6) is 1.51. The highest BCUT2D eigenvalue weighted by Gasteiger charge is 2.14. The lowest BCUT2D eigenvalue weighted by atomic mass is 10.2. The predicted octanol–water partition coefficient (Wildman–Crippen LogP) is 5.37. The second kappa shape index (κ2) is 6.15. The highest BCUT2D eigenvalue weighted by atomic mass is 127. The molecule has 0 N–H and O–H groups in total. The SMILES string of the molecule is Cc1ccc(Cl)cc1-n1c(CCCl)nc2cc(I)ccc21. The first-order chi connectivity index (χ1) is 10.1. The van der Waals surface area contributed by atoms with Crippen molar-refractivity contribution in [2.24, 2.45) is 0 Å². The molecule has 0 spiro atoms. The maximum absolute atomic E-state index is 6.18. The van der Waals surface area contributed by atoms with E-state index in [4.69, 9.17) is 28.2 Å². The van der Waals surface area contributed by atoms with Crippen LogP contribution in [-0.2, 0) is 6.42 Å². The molecule has 0 radical (unpaired) electrons. The van der Waals surface area contributed by atoms with Crippen LogP contribution in [0.1, 0.15) is 11.4 Å². The van der Waals surface area contributed by atoms with Crippen LogP contribution in [-0.4, -0.2) is 15.4 Å². The Balaban J connectivity index is 2.33. The molecule has 3 rings (SSSR count). The van der Waals surface area contributed by atoms with E-state index in [0.717, 1.165) is 39.6 Å². The predicted molar refractivity (Wildman–Crippen MR) is 98.0 cm³/mol. The summed E-state index contributed by atoms with van der Waals surface area (Å²) < 4.78 is 3.33. The van der Waals surface area contributed by atoms with Gasteiger partial charge in [-0.25, -0.2) is 4.98 Å². The molecule has 0 bridgehead atoms. The molecular formula is C16H13Cl2IN2. The molecule has 0 aliphatic heterocycles. The molecule has 2 aromatic carbocycles. The lowest BCUT2D eigenvalue weighted by molar-refractivity contribution is 0.907. The molecule has 0 saturated heterocycles. The van der Waals surface area contributed by atoms with Gasteiger partial charge in [-0.1, -0.05) is 17.7 Å². The molecule has 0 aliphatic rings. The molecule has 1 heterocycles. The first-order valence-corrected chi connectivity index (χ1v) is 8.58. The number of fused-ring (bicyclic) bond motifs is 1. The Morgan fingerprint density at radius 2 is 2.00 bits per heavy atom. The Kier molecular flexibility index (Phi) is 4.43. The fourth-order valence-corrected chi connectivity index (χ4v) is 3.26. The number of imidazole rings is 1. The monoisotopic (exact) mass is 430 g/mol. The number of hydrogen-bond donors (Lipinski definition) is 0. The van der Waals surface area contributed by atoms with Crippen LogP contribution in [0.3, 0.4) is 0 Å². The highest BCUT2D eigenvalue weighted by Crippen LogP contribution is 2.27. The molecule has 5 heteroatoms. The minimum Gasteiger partial charge on any atom is -0.296 e. The molecule has 108 valence electrons. The zero-order valence-electron chi connectivity index (χ0n) is 11.4. The highest BCUT2D eigenvalue weighted by molar-refractivity contribution is 14.1. The first-order valence-electron chi connectivity index (χ1n) is 6.59. The molecule has 2 nitrogen and oxygen atoms in total. The Morgan fingerprint density at radius 1 is 1.19 bits per heavy atom. The maximum Gasteiger partial charge on any atom is 0.115 e. The summed E-state index contributed by atoms with van der Waals surface area (Å²) in [6, 6.07) is 12.2. The van der Waals surface area contributed by atoms with Gasteiger partial charge in [-0.05, 0) is 65.4 Å². The fraction of sp³-hybridized carbons (Fsp3) is 0.188. The van der Waals surface area contributed by atoms with E-state index >= 15 is 0 Å². The van der Waals surface area contributed by atoms with E-state index in [1.807, 2.05) is 18.2 Å². The molecule has 0 amide bonds. The number of benzene rings is 2. The van der Waals surface area contributed by atoms with Crippen molar-refractivity contribution in [2.45, 2.75) is 13.3 Å². The Morgan fingerprint density at radius 3 is 2.76 bits per heavy atom. The summed E-state index contributed by atoms with van der Waals surface area (Å²) in [7, 11) is 0. The second-order valence-corrected chi connectivity index (χ2v) is 6.93. The lowest BCUT2D eigenvalue weighted by Crippen LogP contribution is -2.04. The standard InChI is InChI=1S/C16H13Cl2IN2/c1-10-2-3-11(18)8-15(10)21-14-5-4-12(19)9-13(14)20-16(21)6-7-17/h2-5,8-9H,6-7H2,1H3. The molecule has 0 atom stereocenters. The van der Waals surface area contributed by atoms with E-state index in [-0.39, 0.29) is 0 Å². The van der Waals surface area contributed by atoms with Crippen LogP contribution in [0.5, 0.6) is 0 Å². The quantitative estimate of drug-likeness (QED) is 0.403. The smallest absolute Gasteiger partial charge is 0.115 e. The Bertz CT molecular complexity index is 811. The molecule has 0 aliphatic carbocycles. The first kappa shape index (κ1) is 15.1. The molecule has 0 unspecified atom stereocenters. The maximum atomic E-state index is 6.18. The van der Waals surface area contributed by atoms with Gasteiger partial charge in [-0.2, -0.15) is 0 Å². The van der Waals surface area contributed by atoms with Crippen molar-refractivity contribution < 1.29 is 0 Å². The number of hydrogen-bond acceptors (Lipinski definition) is 1. The summed E-state index contributed by atoms with van der Waals surface area (Å²) in [6.07, 6.45) is 0.721. The van der Waals surface area contributed by atoms with Gasteiger partial charge < -0.3 is 0 Å². The van der Waals surface area contributed by atoms with Crippen molar-refractivity contribution in [1.29, 1.82) is 0 Å². The van der Waals surface area contributed by atoms with Crippen LogP contribution >= 0.6 is 45.8 Å². The number of alkyl halides is 1. The van der Waals surface area contributed by atoms with Crippen molar-refractivity contribution >= 4 is 56.8 Å². The van der Waals surface area contributed by atoms with Crippen LogP contribution in [0, 0.1) is 10.5 Å². The largest absolute Gasteiger partial charge is 0.296 e. The Labute approximate surface area is 147 Å². The van der Waals surface area contributed by atoms with Gasteiger partial charge in [0.15, 0.2) is 0 Å². The van der Waals surface area contributed by atoms with E-state index in [1.165, 1.54) is 3.57 Å². The van der Waals surface area contributed by atoms with Crippen LogP contribution in [0.2, 0.25) is 5.02 Å². The summed E-state index contributed by atoms with van der Waals surface area (Å²) in [6.45, 7) is 2.08. The second-order valence-electron chi connectivity index (χ2n) is 4.87. The van der Waals surface area contributed by atoms with Crippen LogP contribution < -0.4 is 0 Å². The van der Waals surface area contributed by atoms with Crippen molar-refractivity contribution in [1.82, 2.24) is 9.55 Å². The normalized spacial score (nSPS) is 11.2. The van der Waals surface area contributed by atoms with Crippen molar-refractivity contribution in [2.75, 3.05) is 5.88 Å². The van der Waals surface area contributed by atoms with Gasteiger partial charge in [0.25, 0.3) is 0 Å². The zero-order chi connectivity index (χ0) is 15.0. The third-order valence-electron chi connectivity index (χ3n) is 3.42. The zero-order valence-corrected chi connectivity index (χ0v) is 15.1. The topological polar surface area (TPSA) is 17.8 Å².